The van der Waals surface area contributed by atoms with Crippen LogP contribution in [-0.4, -0.2) is 21.0 Å². The highest BCUT2D eigenvalue weighted by molar-refractivity contribution is 5.76. The zero-order chi connectivity index (χ0) is 15.5. The molecule has 0 fully saturated rings. The molecule has 5 heteroatoms. The predicted octanol–water partition coefficient (Wildman–Crippen LogP) is 2.19. The first-order valence-corrected chi connectivity index (χ1v) is 7.40. The lowest BCUT2D eigenvalue weighted by molar-refractivity contribution is -0.119. The number of rotatable bonds is 7. The van der Waals surface area contributed by atoms with Crippen molar-refractivity contribution < 1.29 is 4.79 Å². The number of aromatic nitrogens is 2. The molecule has 1 aromatic carbocycles. The summed E-state index contributed by atoms with van der Waals surface area (Å²) in [6, 6.07) is 8.15. The van der Waals surface area contributed by atoms with Gasteiger partial charge >= 0.3 is 0 Å². The fourth-order valence-corrected chi connectivity index (χ4v) is 2.55. The molecule has 2 aromatic rings. The minimum absolute atomic E-state index is 0.297. The number of imidazole rings is 1. The second-order valence-corrected chi connectivity index (χ2v) is 6.05. The smallest absolute Gasteiger partial charge is 0.219 e. The Kier molecular flexibility index (Phi) is 4.63. The Hall–Kier alpha value is -1.88. The van der Waals surface area contributed by atoms with Crippen LogP contribution in [0.1, 0.15) is 39.4 Å². The maximum Gasteiger partial charge on any atom is 0.219 e. The first kappa shape index (κ1) is 15.5. The molecule has 0 aliphatic rings. The summed E-state index contributed by atoms with van der Waals surface area (Å²) in [5, 5.41) is 3.38. The van der Waals surface area contributed by atoms with Gasteiger partial charge in [-0.25, -0.2) is 4.98 Å². The van der Waals surface area contributed by atoms with Gasteiger partial charge in [-0.2, -0.15) is 0 Å². The van der Waals surface area contributed by atoms with Crippen LogP contribution >= 0.6 is 0 Å². The van der Waals surface area contributed by atoms with Crippen LogP contribution in [0.4, 0.5) is 0 Å². The number of hydrogen-bond donors (Lipinski definition) is 2. The molecule has 0 atom stereocenters. The van der Waals surface area contributed by atoms with Gasteiger partial charge in [0.25, 0.3) is 0 Å². The van der Waals surface area contributed by atoms with Gasteiger partial charge in [-0.05, 0) is 32.4 Å². The third-order valence-corrected chi connectivity index (χ3v) is 3.52. The summed E-state index contributed by atoms with van der Waals surface area (Å²) in [7, 11) is 0. The van der Waals surface area contributed by atoms with E-state index in [4.69, 9.17) is 10.7 Å². The number of carbonyl (C=O) groups excluding carboxylic acids is 1. The predicted molar refractivity (Wildman–Crippen MR) is 84.8 cm³/mol. The summed E-state index contributed by atoms with van der Waals surface area (Å²) in [6.45, 7) is 7.67. The van der Waals surface area contributed by atoms with Crippen LogP contribution in [-0.2, 0) is 17.9 Å². The van der Waals surface area contributed by atoms with Crippen LogP contribution in [0.3, 0.4) is 0 Å². The first-order valence-electron chi connectivity index (χ1n) is 7.40. The van der Waals surface area contributed by atoms with Crippen molar-refractivity contribution >= 4 is 16.9 Å². The molecule has 5 nitrogen and oxygen atoms in total. The lowest BCUT2D eigenvalue weighted by atomic mass is 10.0. The standard InChI is InChI=1S/C16H24N4O/c1-4-9-20-13-8-6-5-7-12(13)19-15(20)11-18-16(2,3)10-14(17)21/h5-8,18H,4,9-11H2,1-3H3,(H2,17,21). The van der Waals surface area contributed by atoms with Crippen molar-refractivity contribution in [3.05, 3.63) is 30.1 Å². The van der Waals surface area contributed by atoms with E-state index in [1.807, 2.05) is 32.0 Å². The Bertz CT molecular complexity index is 630. The van der Waals surface area contributed by atoms with Crippen molar-refractivity contribution in [2.45, 2.75) is 52.2 Å². The molecule has 1 heterocycles. The van der Waals surface area contributed by atoms with Gasteiger partial charge in [0.15, 0.2) is 0 Å². The van der Waals surface area contributed by atoms with E-state index in [1.54, 1.807) is 0 Å². The van der Waals surface area contributed by atoms with Crippen molar-refractivity contribution in [1.29, 1.82) is 0 Å². The summed E-state index contributed by atoms with van der Waals surface area (Å²) < 4.78 is 2.24. The lowest BCUT2D eigenvalue weighted by Crippen LogP contribution is -2.42. The molecule has 2 rings (SSSR count). The lowest BCUT2D eigenvalue weighted by Gasteiger charge is -2.24. The van der Waals surface area contributed by atoms with E-state index in [-0.39, 0.29) is 11.4 Å². The summed E-state index contributed by atoms with van der Waals surface area (Å²) in [4.78, 5) is 15.8. The largest absolute Gasteiger partial charge is 0.370 e. The number of amides is 1. The van der Waals surface area contributed by atoms with Gasteiger partial charge < -0.3 is 15.6 Å². The number of nitrogens with one attached hydrogen (secondary N) is 1. The molecule has 1 amide bonds. The third-order valence-electron chi connectivity index (χ3n) is 3.52. The van der Waals surface area contributed by atoms with Gasteiger partial charge in [-0.3, -0.25) is 4.79 Å². The van der Waals surface area contributed by atoms with Crippen LogP contribution in [0.15, 0.2) is 24.3 Å². The van der Waals surface area contributed by atoms with E-state index in [9.17, 15) is 4.79 Å². The monoisotopic (exact) mass is 288 g/mol. The molecular formula is C16H24N4O. The molecule has 0 spiro atoms. The normalized spacial score (nSPS) is 12.0. The van der Waals surface area contributed by atoms with Crippen LogP contribution in [0.5, 0.6) is 0 Å². The van der Waals surface area contributed by atoms with Crippen molar-refractivity contribution in [1.82, 2.24) is 14.9 Å². The Morgan fingerprint density at radius 1 is 1.38 bits per heavy atom. The highest BCUT2D eigenvalue weighted by Crippen LogP contribution is 2.17. The van der Waals surface area contributed by atoms with E-state index < -0.39 is 0 Å². The second-order valence-electron chi connectivity index (χ2n) is 6.05. The van der Waals surface area contributed by atoms with Crippen LogP contribution in [0.2, 0.25) is 0 Å². The Morgan fingerprint density at radius 2 is 2.10 bits per heavy atom. The number of hydrogen-bond acceptors (Lipinski definition) is 3. The molecule has 0 unspecified atom stereocenters. The molecule has 0 aliphatic heterocycles. The highest BCUT2D eigenvalue weighted by atomic mass is 16.1. The number of carbonyl (C=O) groups is 1. The molecule has 0 saturated carbocycles. The van der Waals surface area contributed by atoms with Gasteiger partial charge in [0, 0.05) is 18.5 Å². The zero-order valence-electron chi connectivity index (χ0n) is 13.0. The average Bonchev–Trinajstić information content (AvgIpc) is 2.74. The number of aryl methyl sites for hydroxylation is 1. The van der Waals surface area contributed by atoms with Crippen molar-refractivity contribution in [3.8, 4) is 0 Å². The van der Waals surface area contributed by atoms with Gasteiger partial charge in [-0.15, -0.1) is 0 Å². The second kappa shape index (κ2) is 6.26. The SMILES string of the molecule is CCCn1c(CNC(C)(C)CC(N)=O)nc2ccccc21. The maximum absolute atomic E-state index is 11.1. The highest BCUT2D eigenvalue weighted by Gasteiger charge is 2.21. The molecule has 114 valence electrons. The summed E-state index contributed by atoms with van der Waals surface area (Å²) in [5.74, 6) is 0.699. The maximum atomic E-state index is 11.1. The molecule has 0 radical (unpaired) electrons. The summed E-state index contributed by atoms with van der Waals surface area (Å²) in [5.41, 5.74) is 7.12. The van der Waals surface area contributed by atoms with E-state index in [0.717, 1.165) is 29.8 Å². The van der Waals surface area contributed by atoms with Crippen LogP contribution < -0.4 is 11.1 Å². The number of benzene rings is 1. The van der Waals surface area contributed by atoms with Gasteiger partial charge in [0.2, 0.25) is 5.91 Å². The van der Waals surface area contributed by atoms with Crippen LogP contribution in [0.25, 0.3) is 11.0 Å². The van der Waals surface area contributed by atoms with E-state index >= 15 is 0 Å². The van der Waals surface area contributed by atoms with Crippen LogP contribution in [0, 0.1) is 0 Å². The molecule has 0 aliphatic carbocycles. The molecule has 3 N–H and O–H groups in total. The van der Waals surface area contributed by atoms with Gasteiger partial charge in [-0.1, -0.05) is 19.1 Å². The van der Waals surface area contributed by atoms with Crippen molar-refractivity contribution in [3.63, 3.8) is 0 Å². The number of para-hydroxylation sites is 2. The fraction of sp³-hybridized carbons (Fsp3) is 0.500. The number of primary amides is 1. The van der Waals surface area contributed by atoms with Crippen molar-refractivity contribution in [2.24, 2.45) is 5.73 Å². The average molecular weight is 288 g/mol. The molecule has 0 saturated heterocycles. The minimum atomic E-state index is -0.332. The van der Waals surface area contributed by atoms with Gasteiger partial charge in [0.1, 0.15) is 5.82 Å². The van der Waals surface area contributed by atoms with E-state index in [2.05, 4.69) is 22.9 Å². The molecule has 1 aromatic heterocycles. The quantitative estimate of drug-likeness (QED) is 0.820. The third kappa shape index (κ3) is 3.82. The fourth-order valence-electron chi connectivity index (χ4n) is 2.55. The zero-order valence-corrected chi connectivity index (χ0v) is 13.0. The summed E-state index contributed by atoms with van der Waals surface area (Å²) >= 11 is 0. The Balaban J connectivity index is 2.21. The van der Waals surface area contributed by atoms with Crippen molar-refractivity contribution in [2.75, 3.05) is 0 Å². The Morgan fingerprint density at radius 3 is 2.76 bits per heavy atom. The minimum Gasteiger partial charge on any atom is -0.370 e. The first-order chi connectivity index (χ1) is 9.93. The molecule has 21 heavy (non-hydrogen) atoms. The van der Waals surface area contributed by atoms with Gasteiger partial charge in [0.05, 0.1) is 17.6 Å². The molecule has 0 bridgehead atoms. The number of nitrogens with zero attached hydrogens (tertiary/aromatic N) is 2. The Labute approximate surface area is 125 Å². The topological polar surface area (TPSA) is 72.9 Å². The summed E-state index contributed by atoms with van der Waals surface area (Å²) in [6.07, 6.45) is 1.36. The number of nitrogens with two attached hydrogens (primary N) is 1. The van der Waals surface area contributed by atoms with E-state index in [1.165, 1.54) is 0 Å². The molecular weight excluding hydrogens is 264 g/mol. The van der Waals surface area contributed by atoms with E-state index in [0.29, 0.717) is 13.0 Å². The number of fused-ring (bicyclic) bond motifs is 1.